The van der Waals surface area contributed by atoms with Crippen LogP contribution in [0.2, 0.25) is 0 Å². The van der Waals surface area contributed by atoms with Crippen LogP contribution in [0.25, 0.3) is 0 Å². The van der Waals surface area contributed by atoms with E-state index in [2.05, 4.69) is 0 Å². The maximum atomic E-state index is 12.7. The van der Waals surface area contributed by atoms with E-state index < -0.39 is 0 Å². The summed E-state index contributed by atoms with van der Waals surface area (Å²) in [5.74, 6) is -0.0197. The Balaban J connectivity index is 2.09. The van der Waals surface area contributed by atoms with Crippen LogP contribution >= 0.6 is 11.8 Å². The van der Waals surface area contributed by atoms with Crippen molar-refractivity contribution in [2.75, 3.05) is 26.8 Å². The topological polar surface area (TPSA) is 72.6 Å². The molecule has 1 heterocycles. The SMILES string of the molecule is C[C@H](Sc1ccccc1C(=O)N(C)C[C@H]1CCOC1)C(N)=O. The molecule has 2 atom stereocenters. The maximum Gasteiger partial charge on any atom is 0.254 e. The molecule has 5 nitrogen and oxygen atoms in total. The smallest absolute Gasteiger partial charge is 0.254 e. The molecule has 0 radical (unpaired) electrons. The van der Waals surface area contributed by atoms with Crippen molar-refractivity contribution in [3.8, 4) is 0 Å². The van der Waals surface area contributed by atoms with E-state index in [-0.39, 0.29) is 17.1 Å². The summed E-state index contributed by atoms with van der Waals surface area (Å²) in [5, 5.41) is -0.373. The average Bonchev–Trinajstić information content (AvgIpc) is 2.99. The number of hydrogen-bond donors (Lipinski definition) is 1. The van der Waals surface area contributed by atoms with Crippen molar-refractivity contribution in [2.24, 2.45) is 11.7 Å². The van der Waals surface area contributed by atoms with Gasteiger partial charge in [-0.05, 0) is 25.5 Å². The molecule has 1 aromatic carbocycles. The molecule has 0 saturated carbocycles. The third-order valence-electron chi connectivity index (χ3n) is 3.72. The van der Waals surface area contributed by atoms with Crippen LogP contribution < -0.4 is 5.73 Å². The van der Waals surface area contributed by atoms with E-state index in [4.69, 9.17) is 10.5 Å². The average molecular weight is 322 g/mol. The summed E-state index contributed by atoms with van der Waals surface area (Å²) in [6.07, 6.45) is 0.993. The number of rotatable bonds is 6. The summed E-state index contributed by atoms with van der Waals surface area (Å²) in [6.45, 7) is 3.92. The lowest BCUT2D eigenvalue weighted by Gasteiger charge is -2.22. The third-order valence-corrected chi connectivity index (χ3v) is 4.92. The second-order valence-electron chi connectivity index (χ2n) is 5.57. The van der Waals surface area contributed by atoms with E-state index >= 15 is 0 Å². The van der Waals surface area contributed by atoms with Crippen LogP contribution in [0.15, 0.2) is 29.2 Å². The Morgan fingerprint density at radius 3 is 2.82 bits per heavy atom. The zero-order valence-electron chi connectivity index (χ0n) is 13.0. The third kappa shape index (κ3) is 4.24. The summed E-state index contributed by atoms with van der Waals surface area (Å²) in [6, 6.07) is 7.33. The molecular formula is C16H22N2O3S. The van der Waals surface area contributed by atoms with Gasteiger partial charge in [0, 0.05) is 31.0 Å². The highest BCUT2D eigenvalue weighted by atomic mass is 32.2. The van der Waals surface area contributed by atoms with E-state index in [0.29, 0.717) is 24.6 Å². The summed E-state index contributed by atoms with van der Waals surface area (Å²) in [4.78, 5) is 26.4. The number of nitrogens with zero attached hydrogens (tertiary/aromatic N) is 1. The molecule has 2 amide bonds. The molecule has 0 aliphatic carbocycles. The van der Waals surface area contributed by atoms with E-state index in [1.807, 2.05) is 18.2 Å². The molecule has 22 heavy (non-hydrogen) atoms. The molecule has 0 spiro atoms. The second kappa shape index (κ2) is 7.65. The highest BCUT2D eigenvalue weighted by molar-refractivity contribution is 8.00. The molecule has 0 bridgehead atoms. The predicted molar refractivity (Wildman–Crippen MR) is 86.8 cm³/mol. The van der Waals surface area contributed by atoms with Gasteiger partial charge in [0.15, 0.2) is 0 Å². The number of hydrogen-bond acceptors (Lipinski definition) is 4. The van der Waals surface area contributed by atoms with Gasteiger partial charge < -0.3 is 15.4 Å². The molecule has 1 saturated heterocycles. The quantitative estimate of drug-likeness (QED) is 0.810. The first kappa shape index (κ1) is 16.8. The lowest BCUT2D eigenvalue weighted by molar-refractivity contribution is -0.117. The summed E-state index contributed by atoms with van der Waals surface area (Å²) in [5.41, 5.74) is 5.92. The largest absolute Gasteiger partial charge is 0.381 e. The maximum absolute atomic E-state index is 12.7. The van der Waals surface area contributed by atoms with Crippen molar-refractivity contribution in [2.45, 2.75) is 23.5 Å². The highest BCUT2D eigenvalue weighted by Crippen LogP contribution is 2.27. The zero-order valence-corrected chi connectivity index (χ0v) is 13.8. The predicted octanol–water partition coefficient (Wildman–Crippen LogP) is 1.76. The summed E-state index contributed by atoms with van der Waals surface area (Å²) in [7, 11) is 1.81. The molecular weight excluding hydrogens is 300 g/mol. The molecule has 1 aliphatic rings. The Hall–Kier alpha value is -1.53. The van der Waals surface area contributed by atoms with E-state index in [0.717, 1.165) is 17.9 Å². The lowest BCUT2D eigenvalue weighted by atomic mass is 10.1. The van der Waals surface area contributed by atoms with Crippen molar-refractivity contribution in [3.63, 3.8) is 0 Å². The monoisotopic (exact) mass is 322 g/mol. The van der Waals surface area contributed by atoms with E-state index in [9.17, 15) is 9.59 Å². The van der Waals surface area contributed by atoms with Crippen LogP contribution in [0.1, 0.15) is 23.7 Å². The van der Waals surface area contributed by atoms with Gasteiger partial charge in [0.2, 0.25) is 5.91 Å². The molecule has 0 aromatic heterocycles. The van der Waals surface area contributed by atoms with Crippen LogP contribution in [0.5, 0.6) is 0 Å². The number of carbonyl (C=O) groups is 2. The van der Waals surface area contributed by atoms with Crippen LogP contribution in [0.3, 0.4) is 0 Å². The minimum atomic E-state index is -0.385. The summed E-state index contributed by atoms with van der Waals surface area (Å²) >= 11 is 1.32. The zero-order chi connectivity index (χ0) is 16.1. The number of nitrogens with two attached hydrogens (primary N) is 1. The number of ether oxygens (including phenoxy) is 1. The van der Waals surface area contributed by atoms with Gasteiger partial charge in [0.05, 0.1) is 17.4 Å². The Bertz CT molecular complexity index is 544. The van der Waals surface area contributed by atoms with Gasteiger partial charge in [-0.25, -0.2) is 0 Å². The molecule has 1 aromatic rings. The van der Waals surface area contributed by atoms with Gasteiger partial charge in [-0.3, -0.25) is 9.59 Å². The fraction of sp³-hybridized carbons (Fsp3) is 0.500. The number of carbonyl (C=O) groups excluding carboxylic acids is 2. The highest BCUT2D eigenvalue weighted by Gasteiger charge is 2.23. The number of benzene rings is 1. The van der Waals surface area contributed by atoms with Gasteiger partial charge >= 0.3 is 0 Å². The van der Waals surface area contributed by atoms with Crippen molar-refractivity contribution < 1.29 is 14.3 Å². The van der Waals surface area contributed by atoms with Crippen LogP contribution in [0.4, 0.5) is 0 Å². The van der Waals surface area contributed by atoms with E-state index in [1.165, 1.54) is 11.8 Å². The van der Waals surface area contributed by atoms with Gasteiger partial charge in [-0.2, -0.15) is 0 Å². The van der Waals surface area contributed by atoms with Gasteiger partial charge in [0.25, 0.3) is 5.91 Å². The van der Waals surface area contributed by atoms with Gasteiger partial charge in [-0.15, -0.1) is 11.8 Å². The van der Waals surface area contributed by atoms with Crippen LogP contribution in [-0.2, 0) is 9.53 Å². The molecule has 2 N–H and O–H groups in total. The van der Waals surface area contributed by atoms with Crippen LogP contribution in [0, 0.1) is 5.92 Å². The minimum Gasteiger partial charge on any atom is -0.381 e. The Morgan fingerprint density at radius 1 is 1.45 bits per heavy atom. The van der Waals surface area contributed by atoms with Gasteiger partial charge in [0.1, 0.15) is 0 Å². The molecule has 120 valence electrons. The Morgan fingerprint density at radius 2 is 2.18 bits per heavy atom. The summed E-state index contributed by atoms with van der Waals surface area (Å²) < 4.78 is 5.35. The van der Waals surface area contributed by atoms with Crippen LogP contribution in [-0.4, -0.2) is 48.8 Å². The molecule has 1 fully saturated rings. The lowest BCUT2D eigenvalue weighted by Crippen LogP contribution is -2.32. The van der Waals surface area contributed by atoms with Crippen molar-refractivity contribution in [1.29, 1.82) is 0 Å². The fourth-order valence-corrected chi connectivity index (χ4v) is 3.33. The second-order valence-corrected chi connectivity index (χ2v) is 6.96. The Kier molecular flexibility index (Phi) is 5.85. The Labute approximate surface area is 135 Å². The van der Waals surface area contributed by atoms with Crippen molar-refractivity contribution in [3.05, 3.63) is 29.8 Å². The number of thioether (sulfide) groups is 1. The minimum absolute atomic E-state index is 0.0355. The first-order valence-corrected chi connectivity index (χ1v) is 8.25. The molecule has 1 aliphatic heterocycles. The molecule has 6 heteroatoms. The van der Waals surface area contributed by atoms with Gasteiger partial charge in [-0.1, -0.05) is 12.1 Å². The standard InChI is InChI=1S/C16H22N2O3S/c1-11(15(17)19)22-14-6-4-3-5-13(14)16(20)18(2)9-12-7-8-21-10-12/h3-6,11-12H,7-10H2,1-2H3,(H2,17,19)/t11-,12+/m0/s1. The fourth-order valence-electron chi connectivity index (χ4n) is 2.40. The first-order chi connectivity index (χ1) is 10.5. The normalized spacial score (nSPS) is 18.9. The first-order valence-electron chi connectivity index (χ1n) is 7.37. The number of amides is 2. The van der Waals surface area contributed by atoms with Crippen molar-refractivity contribution >= 4 is 23.6 Å². The molecule has 2 rings (SSSR count). The number of primary amides is 1. The van der Waals surface area contributed by atoms with E-state index in [1.54, 1.807) is 24.9 Å². The van der Waals surface area contributed by atoms with Crippen molar-refractivity contribution in [1.82, 2.24) is 4.90 Å². The molecule has 0 unspecified atom stereocenters.